The Hall–Kier alpha value is -1.13. The van der Waals surface area contributed by atoms with Crippen LogP contribution in [0, 0.1) is 0 Å². The van der Waals surface area contributed by atoms with E-state index in [4.69, 9.17) is 0 Å². The zero-order valence-electron chi connectivity index (χ0n) is 11.5. The molecule has 2 heterocycles. The van der Waals surface area contributed by atoms with E-state index in [0.717, 1.165) is 25.3 Å². The standard InChI is InChI=1S/C14H23N3O/c1-11(2)17-8-6-13(10-18)16(3)14-12(9-17)5-4-7-15-14/h4-5,7,11,13,18H,6,8-10H2,1-3H3. The van der Waals surface area contributed by atoms with Gasteiger partial charge in [0.15, 0.2) is 0 Å². The highest BCUT2D eigenvalue weighted by Gasteiger charge is 2.24. The summed E-state index contributed by atoms with van der Waals surface area (Å²) in [6.07, 6.45) is 2.80. The maximum Gasteiger partial charge on any atom is 0.133 e. The molecule has 0 bridgehead atoms. The van der Waals surface area contributed by atoms with Gasteiger partial charge >= 0.3 is 0 Å². The Morgan fingerprint density at radius 3 is 2.94 bits per heavy atom. The van der Waals surface area contributed by atoms with Crippen molar-refractivity contribution in [3.05, 3.63) is 23.9 Å². The molecule has 0 aliphatic carbocycles. The molecule has 1 unspecified atom stereocenters. The fraction of sp³-hybridized carbons (Fsp3) is 0.643. The Kier molecular flexibility index (Phi) is 4.19. The van der Waals surface area contributed by atoms with E-state index in [1.165, 1.54) is 5.56 Å². The second kappa shape index (κ2) is 5.67. The Morgan fingerprint density at radius 2 is 2.28 bits per heavy atom. The predicted octanol–water partition coefficient (Wildman–Crippen LogP) is 1.49. The van der Waals surface area contributed by atoms with E-state index >= 15 is 0 Å². The van der Waals surface area contributed by atoms with Gasteiger partial charge in [0, 0.05) is 37.9 Å². The van der Waals surface area contributed by atoms with Gasteiger partial charge in [-0.05, 0) is 26.3 Å². The Balaban J connectivity index is 2.34. The van der Waals surface area contributed by atoms with Crippen molar-refractivity contribution in [2.24, 2.45) is 0 Å². The lowest BCUT2D eigenvalue weighted by molar-refractivity contribution is 0.181. The molecule has 0 saturated heterocycles. The van der Waals surface area contributed by atoms with Crippen molar-refractivity contribution in [3.63, 3.8) is 0 Å². The number of aromatic nitrogens is 1. The molecule has 1 aliphatic heterocycles. The number of rotatable bonds is 2. The van der Waals surface area contributed by atoms with Crippen LogP contribution in [-0.4, -0.2) is 47.3 Å². The number of likely N-dealkylation sites (N-methyl/N-ethyl adjacent to an activating group) is 1. The number of fused-ring (bicyclic) bond motifs is 1. The Morgan fingerprint density at radius 1 is 1.50 bits per heavy atom. The van der Waals surface area contributed by atoms with Crippen molar-refractivity contribution in [2.75, 3.05) is 25.1 Å². The molecule has 0 radical (unpaired) electrons. The predicted molar refractivity (Wildman–Crippen MR) is 73.7 cm³/mol. The number of pyridine rings is 1. The molecule has 2 rings (SSSR count). The van der Waals surface area contributed by atoms with Gasteiger partial charge in [-0.1, -0.05) is 6.07 Å². The lowest BCUT2D eigenvalue weighted by atomic mass is 10.1. The first kappa shape index (κ1) is 13.3. The van der Waals surface area contributed by atoms with Gasteiger partial charge in [0.05, 0.1) is 12.6 Å². The van der Waals surface area contributed by atoms with Crippen LogP contribution in [0.3, 0.4) is 0 Å². The first-order valence-electron chi connectivity index (χ1n) is 6.65. The Labute approximate surface area is 109 Å². The molecule has 1 aliphatic rings. The van der Waals surface area contributed by atoms with E-state index in [1.54, 1.807) is 0 Å². The first-order chi connectivity index (χ1) is 8.63. The van der Waals surface area contributed by atoms with Crippen LogP contribution in [0.4, 0.5) is 5.82 Å². The average Bonchev–Trinajstić information content (AvgIpc) is 2.36. The highest BCUT2D eigenvalue weighted by Crippen LogP contribution is 2.24. The summed E-state index contributed by atoms with van der Waals surface area (Å²) >= 11 is 0. The summed E-state index contributed by atoms with van der Waals surface area (Å²) in [4.78, 5) is 9.04. The highest BCUT2D eigenvalue weighted by atomic mass is 16.3. The normalized spacial score (nSPS) is 21.6. The van der Waals surface area contributed by atoms with Gasteiger partial charge in [-0.15, -0.1) is 0 Å². The van der Waals surface area contributed by atoms with Crippen LogP contribution in [0.1, 0.15) is 25.8 Å². The lowest BCUT2D eigenvalue weighted by Gasteiger charge is -2.36. The smallest absolute Gasteiger partial charge is 0.133 e. The molecule has 1 atom stereocenters. The van der Waals surface area contributed by atoms with Crippen LogP contribution < -0.4 is 4.90 Å². The lowest BCUT2D eigenvalue weighted by Crippen LogP contribution is -2.43. The molecule has 4 nitrogen and oxygen atoms in total. The summed E-state index contributed by atoms with van der Waals surface area (Å²) in [5.74, 6) is 1.00. The molecular formula is C14H23N3O. The van der Waals surface area contributed by atoms with Gasteiger partial charge in [-0.3, -0.25) is 4.90 Å². The zero-order chi connectivity index (χ0) is 13.1. The van der Waals surface area contributed by atoms with E-state index < -0.39 is 0 Å². The number of hydrogen-bond acceptors (Lipinski definition) is 4. The van der Waals surface area contributed by atoms with Gasteiger partial charge in [-0.2, -0.15) is 0 Å². The minimum atomic E-state index is 0.153. The molecule has 0 fully saturated rings. The van der Waals surface area contributed by atoms with Crippen molar-refractivity contribution in [1.29, 1.82) is 0 Å². The largest absolute Gasteiger partial charge is 0.394 e. The summed E-state index contributed by atoms with van der Waals surface area (Å²) in [5.41, 5.74) is 1.24. The molecule has 0 saturated carbocycles. The number of aliphatic hydroxyl groups is 1. The number of aliphatic hydroxyl groups excluding tert-OH is 1. The zero-order valence-corrected chi connectivity index (χ0v) is 11.5. The topological polar surface area (TPSA) is 39.6 Å². The third-order valence-corrected chi connectivity index (χ3v) is 3.81. The maximum absolute atomic E-state index is 9.54. The van der Waals surface area contributed by atoms with Gasteiger partial charge in [0.1, 0.15) is 5.82 Å². The monoisotopic (exact) mass is 249 g/mol. The SMILES string of the molecule is CC(C)N1CCC(CO)N(C)c2ncccc2C1. The van der Waals surface area contributed by atoms with Crippen LogP contribution >= 0.6 is 0 Å². The third kappa shape index (κ3) is 2.65. The molecular weight excluding hydrogens is 226 g/mol. The van der Waals surface area contributed by atoms with E-state index in [9.17, 15) is 5.11 Å². The van der Waals surface area contributed by atoms with E-state index in [2.05, 4.69) is 34.7 Å². The van der Waals surface area contributed by atoms with Crippen LogP contribution in [0.2, 0.25) is 0 Å². The third-order valence-electron chi connectivity index (χ3n) is 3.81. The van der Waals surface area contributed by atoms with Crippen molar-refractivity contribution >= 4 is 5.82 Å². The van der Waals surface area contributed by atoms with Gasteiger partial charge in [-0.25, -0.2) is 4.98 Å². The summed E-state index contributed by atoms with van der Waals surface area (Å²) in [6.45, 7) is 6.56. The number of hydrogen-bond donors (Lipinski definition) is 1. The van der Waals surface area contributed by atoms with Gasteiger partial charge < -0.3 is 10.0 Å². The minimum Gasteiger partial charge on any atom is -0.394 e. The number of anilines is 1. The van der Waals surface area contributed by atoms with Crippen molar-refractivity contribution < 1.29 is 5.11 Å². The van der Waals surface area contributed by atoms with E-state index in [0.29, 0.717) is 6.04 Å². The van der Waals surface area contributed by atoms with Gasteiger partial charge in [0.25, 0.3) is 0 Å². The summed E-state index contributed by atoms with van der Waals surface area (Å²) < 4.78 is 0. The molecule has 1 aromatic heterocycles. The molecule has 0 spiro atoms. The fourth-order valence-electron chi connectivity index (χ4n) is 2.51. The summed E-state index contributed by atoms with van der Waals surface area (Å²) in [5, 5.41) is 9.54. The molecule has 0 amide bonds. The molecule has 0 aromatic carbocycles. The van der Waals surface area contributed by atoms with E-state index in [1.807, 2.05) is 19.3 Å². The maximum atomic E-state index is 9.54. The average molecular weight is 249 g/mol. The summed E-state index contributed by atoms with van der Waals surface area (Å²) in [7, 11) is 2.03. The quantitative estimate of drug-likeness (QED) is 0.862. The fourth-order valence-corrected chi connectivity index (χ4v) is 2.51. The van der Waals surface area contributed by atoms with Crippen LogP contribution in [0.15, 0.2) is 18.3 Å². The first-order valence-corrected chi connectivity index (χ1v) is 6.65. The second-order valence-electron chi connectivity index (χ2n) is 5.29. The summed E-state index contributed by atoms with van der Waals surface area (Å²) in [6, 6.07) is 4.79. The van der Waals surface area contributed by atoms with Crippen LogP contribution in [-0.2, 0) is 6.54 Å². The molecule has 1 aromatic rings. The van der Waals surface area contributed by atoms with Gasteiger partial charge in [0.2, 0.25) is 0 Å². The second-order valence-corrected chi connectivity index (χ2v) is 5.29. The molecule has 18 heavy (non-hydrogen) atoms. The molecule has 100 valence electrons. The number of nitrogens with zero attached hydrogens (tertiary/aromatic N) is 3. The molecule has 1 N–H and O–H groups in total. The van der Waals surface area contributed by atoms with Crippen molar-refractivity contribution in [2.45, 2.75) is 38.9 Å². The van der Waals surface area contributed by atoms with Crippen LogP contribution in [0.25, 0.3) is 0 Å². The van der Waals surface area contributed by atoms with Crippen molar-refractivity contribution in [1.82, 2.24) is 9.88 Å². The Bertz CT molecular complexity index is 394. The molecule has 4 heteroatoms. The van der Waals surface area contributed by atoms with Crippen molar-refractivity contribution in [3.8, 4) is 0 Å². The highest BCUT2D eigenvalue weighted by molar-refractivity contribution is 5.47. The van der Waals surface area contributed by atoms with E-state index in [-0.39, 0.29) is 12.6 Å². The minimum absolute atomic E-state index is 0.153. The van der Waals surface area contributed by atoms with Crippen LogP contribution in [0.5, 0.6) is 0 Å².